The molecule has 0 radical (unpaired) electrons. The Kier molecular flexibility index (Phi) is 4.78. The van der Waals surface area contributed by atoms with Crippen LogP contribution in [0.25, 0.3) is 0 Å². The molecule has 1 aromatic heterocycles. The van der Waals surface area contributed by atoms with Gasteiger partial charge in [0.1, 0.15) is 5.69 Å². The summed E-state index contributed by atoms with van der Waals surface area (Å²) >= 11 is 1.55. The molecule has 6 heteroatoms. The van der Waals surface area contributed by atoms with Gasteiger partial charge in [-0.05, 0) is 33.6 Å². The maximum atomic E-state index is 11.9. The maximum Gasteiger partial charge on any atom is 0.330 e. The molecule has 1 aliphatic heterocycles. The molecule has 1 fully saturated rings. The molecule has 1 saturated heterocycles. The lowest BCUT2D eigenvalue weighted by Crippen LogP contribution is -2.38. The van der Waals surface area contributed by atoms with Crippen molar-refractivity contribution < 1.29 is 14.4 Å². The number of aromatic nitrogens is 1. The number of hydrogen-bond acceptors (Lipinski definition) is 6. The van der Waals surface area contributed by atoms with E-state index < -0.39 is 5.41 Å². The third-order valence-corrected chi connectivity index (χ3v) is 4.52. The van der Waals surface area contributed by atoms with E-state index in [4.69, 9.17) is 4.84 Å². The van der Waals surface area contributed by atoms with Crippen molar-refractivity contribution >= 4 is 23.1 Å². The van der Waals surface area contributed by atoms with Gasteiger partial charge in [-0.1, -0.05) is 0 Å². The van der Waals surface area contributed by atoms with Gasteiger partial charge in [0.25, 0.3) is 0 Å². The highest BCUT2D eigenvalue weighted by atomic mass is 32.1. The van der Waals surface area contributed by atoms with Crippen molar-refractivity contribution in [1.29, 1.82) is 0 Å². The first-order valence-electron chi connectivity index (χ1n) is 7.21. The van der Waals surface area contributed by atoms with E-state index >= 15 is 0 Å². The third kappa shape index (κ3) is 4.11. The number of thiazole rings is 1. The van der Waals surface area contributed by atoms with Crippen LogP contribution in [0.4, 0.5) is 0 Å². The lowest BCUT2D eigenvalue weighted by Gasteiger charge is -2.31. The third-order valence-electron chi connectivity index (χ3n) is 3.51. The zero-order valence-corrected chi connectivity index (χ0v) is 13.8. The predicted molar refractivity (Wildman–Crippen MR) is 81.2 cm³/mol. The van der Waals surface area contributed by atoms with Gasteiger partial charge in [-0.3, -0.25) is 4.79 Å². The Labute approximate surface area is 129 Å². The van der Waals surface area contributed by atoms with Gasteiger partial charge in [0.2, 0.25) is 0 Å². The van der Waals surface area contributed by atoms with Crippen LogP contribution in [0.1, 0.15) is 62.0 Å². The molecule has 0 N–H and O–H groups in total. The van der Waals surface area contributed by atoms with Crippen LogP contribution in [0.5, 0.6) is 0 Å². The van der Waals surface area contributed by atoms with E-state index in [1.807, 2.05) is 26.2 Å². The minimum atomic E-state index is -0.484. The van der Waals surface area contributed by atoms with Crippen LogP contribution in [-0.4, -0.2) is 34.9 Å². The number of piperidine rings is 1. The summed E-state index contributed by atoms with van der Waals surface area (Å²) in [6.07, 6.45) is 1.78. The fourth-order valence-corrected chi connectivity index (χ4v) is 3.12. The summed E-state index contributed by atoms with van der Waals surface area (Å²) in [6.45, 7) is 8.50. The van der Waals surface area contributed by atoms with Gasteiger partial charge in [-0.25, -0.2) is 9.78 Å². The first kappa shape index (κ1) is 16.1. The molecule has 0 amide bonds. The van der Waals surface area contributed by atoms with Gasteiger partial charge in [0.15, 0.2) is 5.78 Å². The van der Waals surface area contributed by atoms with Gasteiger partial charge in [0, 0.05) is 31.3 Å². The average Bonchev–Trinajstić information content (AvgIpc) is 2.88. The van der Waals surface area contributed by atoms with Crippen LogP contribution >= 0.6 is 11.3 Å². The molecular formula is C15H22N2O3S. The molecule has 0 atom stereocenters. The lowest BCUT2D eigenvalue weighted by atomic mass is 9.97. The molecule has 1 aromatic rings. The molecule has 116 valence electrons. The molecule has 5 nitrogen and oxygen atoms in total. The molecule has 2 rings (SSSR count). The van der Waals surface area contributed by atoms with Gasteiger partial charge in [-0.2, -0.15) is 0 Å². The Morgan fingerprint density at radius 2 is 1.95 bits per heavy atom. The van der Waals surface area contributed by atoms with E-state index in [-0.39, 0.29) is 11.8 Å². The Hall–Kier alpha value is -1.27. The number of carbonyl (C=O) groups excluding carboxylic acids is 2. The van der Waals surface area contributed by atoms with Crippen molar-refractivity contribution in [3.05, 3.63) is 16.1 Å². The Balaban J connectivity index is 1.88. The highest BCUT2D eigenvalue weighted by Crippen LogP contribution is 2.31. The van der Waals surface area contributed by atoms with Crippen molar-refractivity contribution in [2.24, 2.45) is 5.41 Å². The highest BCUT2D eigenvalue weighted by molar-refractivity contribution is 7.09. The minimum absolute atomic E-state index is 0.00837. The number of nitrogens with zero attached hydrogens (tertiary/aromatic N) is 2. The molecule has 0 aliphatic carbocycles. The number of Topliss-reactive ketones (excluding diaryl/α,β-unsaturated/α-hetero) is 1. The summed E-state index contributed by atoms with van der Waals surface area (Å²) in [6, 6.07) is 0. The summed E-state index contributed by atoms with van der Waals surface area (Å²) in [5.41, 5.74) is 0.0688. The van der Waals surface area contributed by atoms with E-state index in [0.29, 0.717) is 24.7 Å². The van der Waals surface area contributed by atoms with Crippen LogP contribution in [-0.2, 0) is 9.63 Å². The van der Waals surface area contributed by atoms with Crippen LogP contribution in [0.2, 0.25) is 0 Å². The Morgan fingerprint density at radius 3 is 2.43 bits per heavy atom. The van der Waals surface area contributed by atoms with Crippen LogP contribution in [0.15, 0.2) is 5.38 Å². The number of hydroxylamine groups is 2. The molecule has 0 saturated carbocycles. The Bertz CT molecular complexity index is 525. The first-order valence-corrected chi connectivity index (χ1v) is 8.09. The second kappa shape index (κ2) is 6.23. The van der Waals surface area contributed by atoms with Crippen LogP contribution < -0.4 is 0 Å². The molecular weight excluding hydrogens is 288 g/mol. The van der Waals surface area contributed by atoms with E-state index in [1.54, 1.807) is 16.4 Å². The molecule has 2 heterocycles. The molecule has 1 aliphatic rings. The van der Waals surface area contributed by atoms with Crippen molar-refractivity contribution in [3.8, 4) is 0 Å². The van der Waals surface area contributed by atoms with Gasteiger partial charge in [-0.15, -0.1) is 16.4 Å². The normalized spacial score (nSPS) is 17.7. The Morgan fingerprint density at radius 1 is 1.33 bits per heavy atom. The van der Waals surface area contributed by atoms with Crippen LogP contribution in [0.3, 0.4) is 0 Å². The predicted octanol–water partition coefficient (Wildman–Crippen LogP) is 3.03. The van der Waals surface area contributed by atoms with Crippen molar-refractivity contribution in [2.45, 2.75) is 46.5 Å². The summed E-state index contributed by atoms with van der Waals surface area (Å²) in [5.74, 6) is 0.163. The van der Waals surface area contributed by atoms with Gasteiger partial charge >= 0.3 is 5.97 Å². The maximum absolute atomic E-state index is 11.9. The fraction of sp³-hybridized carbons (Fsp3) is 0.667. The first-order chi connectivity index (χ1) is 9.77. The van der Waals surface area contributed by atoms with E-state index in [1.165, 1.54) is 6.92 Å². The standard InChI is InChI=1S/C15H22N2O3S/c1-10(18)12-9-21-13(16-12)11-5-7-17(8-6-11)20-14(19)15(2,3)4/h9,11H,5-8H2,1-4H3. The molecule has 0 unspecified atom stereocenters. The molecule has 21 heavy (non-hydrogen) atoms. The monoisotopic (exact) mass is 310 g/mol. The summed E-state index contributed by atoms with van der Waals surface area (Å²) in [4.78, 5) is 32.9. The zero-order valence-electron chi connectivity index (χ0n) is 13.0. The van der Waals surface area contributed by atoms with E-state index in [9.17, 15) is 9.59 Å². The van der Waals surface area contributed by atoms with E-state index in [0.717, 1.165) is 17.8 Å². The zero-order chi connectivity index (χ0) is 15.6. The minimum Gasteiger partial charge on any atom is -0.367 e. The molecule has 0 aromatic carbocycles. The van der Waals surface area contributed by atoms with Gasteiger partial charge < -0.3 is 4.84 Å². The second-order valence-electron chi connectivity index (χ2n) is 6.46. The van der Waals surface area contributed by atoms with Gasteiger partial charge in [0.05, 0.1) is 10.4 Å². The topological polar surface area (TPSA) is 59.5 Å². The van der Waals surface area contributed by atoms with E-state index in [2.05, 4.69) is 4.98 Å². The summed E-state index contributed by atoms with van der Waals surface area (Å²) < 4.78 is 0. The number of rotatable bonds is 3. The molecule has 0 spiro atoms. The SMILES string of the molecule is CC(=O)c1csc(C2CCN(OC(=O)C(C)(C)C)CC2)n1. The number of carbonyl (C=O) groups is 2. The van der Waals surface area contributed by atoms with Crippen molar-refractivity contribution in [2.75, 3.05) is 13.1 Å². The average molecular weight is 310 g/mol. The lowest BCUT2D eigenvalue weighted by molar-refractivity contribution is -0.204. The largest absolute Gasteiger partial charge is 0.367 e. The van der Waals surface area contributed by atoms with Crippen molar-refractivity contribution in [1.82, 2.24) is 10.0 Å². The number of ketones is 1. The summed E-state index contributed by atoms with van der Waals surface area (Å²) in [5, 5.41) is 4.58. The summed E-state index contributed by atoms with van der Waals surface area (Å²) in [7, 11) is 0. The smallest absolute Gasteiger partial charge is 0.330 e. The van der Waals surface area contributed by atoms with Crippen LogP contribution in [0, 0.1) is 5.41 Å². The molecule has 0 bridgehead atoms. The second-order valence-corrected chi connectivity index (χ2v) is 7.35. The highest BCUT2D eigenvalue weighted by Gasteiger charge is 2.29. The number of hydrogen-bond donors (Lipinski definition) is 0. The van der Waals surface area contributed by atoms with Crippen molar-refractivity contribution in [3.63, 3.8) is 0 Å². The fourth-order valence-electron chi connectivity index (χ4n) is 2.09. The quantitative estimate of drug-likeness (QED) is 0.803.